The summed E-state index contributed by atoms with van der Waals surface area (Å²) in [7, 11) is 2.23. The molecule has 1 aromatic heterocycles. The molecular weight excluding hydrogens is 258 g/mol. The second-order valence-corrected chi connectivity index (χ2v) is 6.14. The van der Waals surface area contributed by atoms with Crippen LogP contribution in [0.3, 0.4) is 0 Å². The van der Waals surface area contributed by atoms with Crippen molar-refractivity contribution in [3.05, 3.63) is 20.8 Å². The molecular formula is C11H16BrNS. The summed E-state index contributed by atoms with van der Waals surface area (Å²) in [6.45, 7) is 3.44. The lowest BCUT2D eigenvalue weighted by atomic mass is 10.2. The first kappa shape index (κ1) is 10.7. The van der Waals surface area contributed by atoms with E-state index in [1.807, 2.05) is 11.3 Å². The molecule has 1 fully saturated rings. The van der Waals surface area contributed by atoms with Crippen LogP contribution in [0.25, 0.3) is 0 Å². The van der Waals surface area contributed by atoms with Crippen LogP contribution in [0.1, 0.15) is 24.6 Å². The van der Waals surface area contributed by atoms with Gasteiger partial charge in [-0.15, -0.1) is 11.3 Å². The molecule has 1 nitrogen and oxygen atoms in total. The molecule has 2 rings (SSSR count). The normalized spacial score (nSPS) is 18.9. The van der Waals surface area contributed by atoms with Gasteiger partial charge >= 0.3 is 0 Å². The number of hydrogen-bond acceptors (Lipinski definition) is 2. The van der Waals surface area contributed by atoms with Gasteiger partial charge in [0, 0.05) is 27.3 Å². The van der Waals surface area contributed by atoms with Crippen LogP contribution in [0.5, 0.6) is 0 Å². The second-order valence-electron chi connectivity index (χ2n) is 4.22. The average molecular weight is 274 g/mol. The monoisotopic (exact) mass is 273 g/mol. The van der Waals surface area contributed by atoms with Crippen molar-refractivity contribution < 1.29 is 0 Å². The minimum absolute atomic E-state index is 0.746. The molecule has 0 bridgehead atoms. The first-order valence-electron chi connectivity index (χ1n) is 5.10. The van der Waals surface area contributed by atoms with E-state index in [0.717, 1.165) is 18.5 Å². The number of hydrogen-bond donors (Lipinski definition) is 0. The van der Waals surface area contributed by atoms with Gasteiger partial charge in [0.05, 0.1) is 0 Å². The highest BCUT2D eigenvalue weighted by Gasteiger charge is 2.30. The molecule has 0 amide bonds. The third-order valence-electron chi connectivity index (χ3n) is 3.03. The minimum atomic E-state index is 0.746. The van der Waals surface area contributed by atoms with E-state index in [9.17, 15) is 0 Å². The highest BCUT2D eigenvalue weighted by Crippen LogP contribution is 2.35. The van der Waals surface area contributed by atoms with Crippen LogP contribution in [-0.4, -0.2) is 18.0 Å². The summed E-state index contributed by atoms with van der Waals surface area (Å²) in [5.74, 6) is 0.961. The Balaban J connectivity index is 1.89. The van der Waals surface area contributed by atoms with Gasteiger partial charge in [-0.25, -0.2) is 0 Å². The van der Waals surface area contributed by atoms with E-state index in [1.165, 1.54) is 22.2 Å². The molecule has 1 heterocycles. The van der Waals surface area contributed by atoms with E-state index in [2.05, 4.69) is 46.2 Å². The standard InChI is InChI=1S/C11H16BrNS/c1-8(9-3-4-9)13(2)6-11-5-10(12)7-14-11/h5,7-9H,3-4,6H2,1-2H3. The van der Waals surface area contributed by atoms with Gasteiger partial charge in [-0.1, -0.05) is 0 Å². The van der Waals surface area contributed by atoms with Crippen LogP contribution in [0.2, 0.25) is 0 Å². The van der Waals surface area contributed by atoms with Crippen LogP contribution >= 0.6 is 27.3 Å². The lowest BCUT2D eigenvalue weighted by Crippen LogP contribution is -2.29. The van der Waals surface area contributed by atoms with Gasteiger partial charge in [0.1, 0.15) is 0 Å². The van der Waals surface area contributed by atoms with Gasteiger partial charge in [-0.3, -0.25) is 4.90 Å². The fraction of sp³-hybridized carbons (Fsp3) is 0.636. The minimum Gasteiger partial charge on any atom is -0.298 e. The van der Waals surface area contributed by atoms with Gasteiger partial charge in [-0.2, -0.15) is 0 Å². The lowest BCUT2D eigenvalue weighted by Gasteiger charge is -2.23. The molecule has 78 valence electrons. The van der Waals surface area contributed by atoms with Crippen LogP contribution in [0.15, 0.2) is 15.9 Å². The number of rotatable bonds is 4. The van der Waals surface area contributed by atoms with Crippen LogP contribution < -0.4 is 0 Å². The molecule has 1 aromatic rings. The largest absolute Gasteiger partial charge is 0.298 e. The van der Waals surface area contributed by atoms with Crippen LogP contribution in [0, 0.1) is 5.92 Å². The van der Waals surface area contributed by atoms with Gasteiger partial charge in [-0.05, 0) is 54.7 Å². The molecule has 1 aliphatic rings. The van der Waals surface area contributed by atoms with Gasteiger partial charge in [0.2, 0.25) is 0 Å². The zero-order valence-corrected chi connectivity index (χ0v) is 11.1. The molecule has 1 unspecified atom stereocenters. The maximum Gasteiger partial charge on any atom is 0.0328 e. The Kier molecular flexibility index (Phi) is 3.30. The first-order chi connectivity index (χ1) is 6.66. The third kappa shape index (κ3) is 2.59. The van der Waals surface area contributed by atoms with Crippen molar-refractivity contribution >= 4 is 27.3 Å². The fourth-order valence-corrected chi connectivity index (χ4v) is 3.28. The van der Waals surface area contributed by atoms with Gasteiger partial charge < -0.3 is 0 Å². The van der Waals surface area contributed by atoms with Crippen LogP contribution in [0.4, 0.5) is 0 Å². The van der Waals surface area contributed by atoms with Crippen molar-refractivity contribution in [1.29, 1.82) is 0 Å². The summed E-state index contributed by atoms with van der Waals surface area (Å²) in [5, 5.41) is 2.16. The number of thiophene rings is 1. The average Bonchev–Trinajstić information content (AvgIpc) is 2.91. The van der Waals surface area contributed by atoms with E-state index in [1.54, 1.807) is 0 Å². The van der Waals surface area contributed by atoms with Crippen molar-refractivity contribution in [1.82, 2.24) is 4.90 Å². The summed E-state index contributed by atoms with van der Waals surface area (Å²) in [5.41, 5.74) is 0. The Bertz CT molecular complexity index is 306. The molecule has 14 heavy (non-hydrogen) atoms. The fourth-order valence-electron chi connectivity index (χ4n) is 1.77. The number of nitrogens with zero attached hydrogens (tertiary/aromatic N) is 1. The SMILES string of the molecule is CC(C1CC1)N(C)Cc1cc(Br)cs1. The molecule has 1 atom stereocenters. The van der Waals surface area contributed by atoms with Crippen molar-refractivity contribution in [3.8, 4) is 0 Å². The third-order valence-corrected chi connectivity index (χ3v) is 4.71. The lowest BCUT2D eigenvalue weighted by molar-refractivity contribution is 0.228. The Morgan fingerprint density at radius 3 is 2.86 bits per heavy atom. The number of halogens is 1. The highest BCUT2D eigenvalue weighted by molar-refractivity contribution is 9.10. The Morgan fingerprint density at radius 1 is 1.64 bits per heavy atom. The summed E-state index contributed by atoms with van der Waals surface area (Å²) < 4.78 is 1.21. The Hall–Kier alpha value is 0.140. The molecule has 1 saturated carbocycles. The van der Waals surface area contributed by atoms with E-state index < -0.39 is 0 Å². The molecule has 0 spiro atoms. The Labute approximate surface area is 98.2 Å². The van der Waals surface area contributed by atoms with Crippen molar-refractivity contribution in [2.24, 2.45) is 5.92 Å². The summed E-state index contributed by atoms with van der Waals surface area (Å²) >= 11 is 5.33. The summed E-state index contributed by atoms with van der Waals surface area (Å²) in [6, 6.07) is 2.97. The van der Waals surface area contributed by atoms with E-state index >= 15 is 0 Å². The maximum atomic E-state index is 3.49. The van der Waals surface area contributed by atoms with Crippen molar-refractivity contribution in [3.63, 3.8) is 0 Å². The van der Waals surface area contributed by atoms with Crippen LogP contribution in [-0.2, 0) is 6.54 Å². The summed E-state index contributed by atoms with van der Waals surface area (Å²) in [4.78, 5) is 3.92. The quantitative estimate of drug-likeness (QED) is 0.808. The van der Waals surface area contributed by atoms with Gasteiger partial charge in [0.15, 0.2) is 0 Å². The smallest absolute Gasteiger partial charge is 0.0328 e. The summed E-state index contributed by atoms with van der Waals surface area (Å²) in [6.07, 6.45) is 2.86. The second kappa shape index (κ2) is 4.33. The predicted molar refractivity (Wildman–Crippen MR) is 65.7 cm³/mol. The van der Waals surface area contributed by atoms with E-state index in [4.69, 9.17) is 0 Å². The highest BCUT2D eigenvalue weighted by atomic mass is 79.9. The van der Waals surface area contributed by atoms with Gasteiger partial charge in [0.25, 0.3) is 0 Å². The Morgan fingerprint density at radius 2 is 2.36 bits per heavy atom. The molecule has 0 radical (unpaired) electrons. The molecule has 0 aliphatic heterocycles. The molecule has 0 N–H and O–H groups in total. The van der Waals surface area contributed by atoms with Crippen molar-refractivity contribution in [2.75, 3.05) is 7.05 Å². The van der Waals surface area contributed by atoms with Crippen molar-refractivity contribution in [2.45, 2.75) is 32.4 Å². The van der Waals surface area contributed by atoms with E-state index in [-0.39, 0.29) is 0 Å². The molecule has 3 heteroatoms. The van der Waals surface area contributed by atoms with E-state index in [0.29, 0.717) is 0 Å². The zero-order valence-electron chi connectivity index (χ0n) is 8.66. The molecule has 1 aliphatic carbocycles. The zero-order chi connectivity index (χ0) is 10.1. The molecule has 0 saturated heterocycles. The topological polar surface area (TPSA) is 3.24 Å². The molecule has 0 aromatic carbocycles. The predicted octanol–water partition coefficient (Wildman–Crippen LogP) is 3.74. The first-order valence-corrected chi connectivity index (χ1v) is 6.77. The maximum absolute atomic E-state index is 3.49.